The van der Waals surface area contributed by atoms with Gasteiger partial charge in [0.25, 0.3) is 0 Å². The van der Waals surface area contributed by atoms with Crippen LogP contribution in [0.1, 0.15) is 51.3 Å². The second kappa shape index (κ2) is 8.12. The highest BCUT2D eigenvalue weighted by molar-refractivity contribution is 5.75. The van der Waals surface area contributed by atoms with E-state index < -0.39 is 0 Å². The normalized spacial score (nSPS) is 22.1. The molecule has 1 amide bonds. The summed E-state index contributed by atoms with van der Waals surface area (Å²) in [4.78, 5) is 16.0. The summed E-state index contributed by atoms with van der Waals surface area (Å²) in [7, 11) is 5.39. The largest absolute Gasteiger partial charge is 0.377 e. The van der Waals surface area contributed by atoms with Crippen LogP contribution in [0.15, 0.2) is 12.3 Å². The fourth-order valence-corrected chi connectivity index (χ4v) is 3.52. The number of hydrogen-bond donors (Lipinski definition) is 0. The van der Waals surface area contributed by atoms with Crippen molar-refractivity contribution in [3.8, 4) is 0 Å². The van der Waals surface area contributed by atoms with E-state index in [-0.39, 0.29) is 11.5 Å². The molecule has 0 unspecified atom stereocenters. The predicted molar refractivity (Wildman–Crippen MR) is 94.8 cm³/mol. The van der Waals surface area contributed by atoms with Gasteiger partial charge < -0.3 is 9.64 Å². The highest BCUT2D eigenvalue weighted by atomic mass is 16.5. The van der Waals surface area contributed by atoms with Crippen LogP contribution >= 0.6 is 0 Å². The summed E-state index contributed by atoms with van der Waals surface area (Å²) in [5.41, 5.74) is 1.02. The molecule has 1 atom stereocenters. The van der Waals surface area contributed by atoms with Crippen molar-refractivity contribution in [2.45, 2.75) is 57.7 Å². The van der Waals surface area contributed by atoms with Crippen LogP contribution in [0.2, 0.25) is 0 Å². The summed E-state index contributed by atoms with van der Waals surface area (Å²) in [5, 5.41) is 4.43. The van der Waals surface area contributed by atoms with Crippen LogP contribution in [0, 0.1) is 0 Å². The molecule has 24 heavy (non-hydrogen) atoms. The van der Waals surface area contributed by atoms with Crippen LogP contribution in [0.5, 0.6) is 0 Å². The zero-order chi connectivity index (χ0) is 17.7. The molecule has 2 rings (SSSR count). The van der Waals surface area contributed by atoms with Gasteiger partial charge in [-0.25, -0.2) is 0 Å². The van der Waals surface area contributed by atoms with Crippen LogP contribution in [0.25, 0.3) is 0 Å². The third-order valence-corrected chi connectivity index (χ3v) is 4.97. The lowest BCUT2D eigenvalue weighted by molar-refractivity contribution is -0.132. The molecule has 0 radical (unpaired) electrons. The first kappa shape index (κ1) is 18.9. The van der Waals surface area contributed by atoms with Gasteiger partial charge in [-0.3, -0.25) is 14.4 Å². The smallest absolute Gasteiger partial charge is 0.222 e. The maximum atomic E-state index is 11.9. The second-order valence-electron chi connectivity index (χ2n) is 7.35. The third-order valence-electron chi connectivity index (χ3n) is 4.97. The number of aromatic nitrogens is 2. The molecule has 0 N–H and O–H groups in total. The van der Waals surface area contributed by atoms with Gasteiger partial charge in [-0.05, 0) is 45.7 Å². The Kier molecular flexibility index (Phi) is 6.40. The fourth-order valence-electron chi connectivity index (χ4n) is 3.52. The maximum Gasteiger partial charge on any atom is 0.222 e. The summed E-state index contributed by atoms with van der Waals surface area (Å²) in [6.07, 6.45) is 5.31. The molecule has 0 aromatic carbocycles. The summed E-state index contributed by atoms with van der Waals surface area (Å²) in [5.74, 6) is 0.168. The number of likely N-dealkylation sites (tertiary alicyclic amines) is 1. The zero-order valence-electron chi connectivity index (χ0n) is 15.8. The minimum Gasteiger partial charge on any atom is -0.377 e. The van der Waals surface area contributed by atoms with E-state index in [1.807, 2.05) is 20.3 Å². The van der Waals surface area contributed by atoms with Crippen LogP contribution in [0.4, 0.5) is 0 Å². The minimum atomic E-state index is -0.216. The van der Waals surface area contributed by atoms with Gasteiger partial charge in [0.05, 0.1) is 11.3 Å². The van der Waals surface area contributed by atoms with Crippen LogP contribution < -0.4 is 0 Å². The third kappa shape index (κ3) is 4.57. The fraction of sp³-hybridized carbons (Fsp3) is 0.778. The Hall–Kier alpha value is -1.40. The molecule has 0 saturated carbocycles. The number of hydrogen-bond acceptors (Lipinski definition) is 4. The predicted octanol–water partition coefficient (Wildman–Crippen LogP) is 2.31. The maximum absolute atomic E-state index is 11.9. The highest BCUT2D eigenvalue weighted by Gasteiger charge is 2.36. The molecule has 136 valence electrons. The van der Waals surface area contributed by atoms with Crippen molar-refractivity contribution in [2.24, 2.45) is 0 Å². The monoisotopic (exact) mass is 336 g/mol. The molecule has 1 aromatic heterocycles. The van der Waals surface area contributed by atoms with Crippen molar-refractivity contribution in [3.05, 3.63) is 18.0 Å². The van der Waals surface area contributed by atoms with E-state index in [1.54, 1.807) is 12.0 Å². The van der Waals surface area contributed by atoms with Gasteiger partial charge in [0.1, 0.15) is 0 Å². The van der Waals surface area contributed by atoms with E-state index in [0.29, 0.717) is 12.5 Å². The average Bonchev–Trinajstić information content (AvgIpc) is 3.01. The zero-order valence-corrected chi connectivity index (χ0v) is 15.8. The number of ether oxygens (including phenoxy) is 1. The van der Waals surface area contributed by atoms with Crippen molar-refractivity contribution in [1.82, 2.24) is 19.6 Å². The van der Waals surface area contributed by atoms with Gasteiger partial charge in [-0.15, -0.1) is 0 Å². The lowest BCUT2D eigenvalue weighted by Crippen LogP contribution is -2.49. The molecule has 0 spiro atoms. The number of amides is 1. The Morgan fingerprint density at radius 1 is 1.46 bits per heavy atom. The van der Waals surface area contributed by atoms with Gasteiger partial charge in [0, 0.05) is 53.0 Å². The molecule has 0 bridgehead atoms. The first-order valence-electron chi connectivity index (χ1n) is 8.87. The summed E-state index contributed by atoms with van der Waals surface area (Å²) in [6.45, 7) is 7.12. The number of carbonyl (C=O) groups is 1. The van der Waals surface area contributed by atoms with Crippen molar-refractivity contribution in [1.29, 1.82) is 0 Å². The molecule has 1 aliphatic rings. The SMILES string of the molecule is CO[C@]1(CCC(=O)N(C)C)CCCN(Cc2ccnn2C(C)C)C1. The molecule has 1 aliphatic heterocycles. The van der Waals surface area contributed by atoms with Gasteiger partial charge in [-0.1, -0.05) is 0 Å². The Morgan fingerprint density at radius 3 is 2.83 bits per heavy atom. The van der Waals surface area contributed by atoms with E-state index in [9.17, 15) is 4.79 Å². The molecule has 2 heterocycles. The van der Waals surface area contributed by atoms with Gasteiger partial charge >= 0.3 is 0 Å². The van der Waals surface area contributed by atoms with Crippen LogP contribution in [-0.4, -0.2) is 65.4 Å². The van der Waals surface area contributed by atoms with Gasteiger partial charge in [-0.2, -0.15) is 5.10 Å². The Morgan fingerprint density at radius 2 is 2.21 bits per heavy atom. The molecule has 6 nitrogen and oxygen atoms in total. The Bertz CT molecular complexity index is 541. The quantitative estimate of drug-likeness (QED) is 0.767. The molecule has 1 aromatic rings. The lowest BCUT2D eigenvalue weighted by atomic mass is 9.87. The van der Waals surface area contributed by atoms with Crippen molar-refractivity contribution < 1.29 is 9.53 Å². The van der Waals surface area contributed by atoms with E-state index in [0.717, 1.165) is 38.9 Å². The number of piperidine rings is 1. The van der Waals surface area contributed by atoms with Crippen molar-refractivity contribution in [3.63, 3.8) is 0 Å². The van der Waals surface area contributed by atoms with Crippen LogP contribution in [-0.2, 0) is 16.1 Å². The van der Waals surface area contributed by atoms with E-state index in [1.165, 1.54) is 5.69 Å². The van der Waals surface area contributed by atoms with E-state index in [2.05, 4.69) is 34.6 Å². The second-order valence-corrected chi connectivity index (χ2v) is 7.35. The van der Waals surface area contributed by atoms with Crippen molar-refractivity contribution in [2.75, 3.05) is 34.3 Å². The molecular weight excluding hydrogens is 304 g/mol. The topological polar surface area (TPSA) is 50.6 Å². The summed E-state index contributed by atoms with van der Waals surface area (Å²) < 4.78 is 7.98. The summed E-state index contributed by atoms with van der Waals surface area (Å²) >= 11 is 0. The number of nitrogens with zero attached hydrogens (tertiary/aromatic N) is 4. The molecule has 0 aliphatic carbocycles. The van der Waals surface area contributed by atoms with Gasteiger partial charge in [0.15, 0.2) is 0 Å². The highest BCUT2D eigenvalue weighted by Crippen LogP contribution is 2.30. The Labute approximate surface area is 145 Å². The first-order valence-corrected chi connectivity index (χ1v) is 8.87. The summed E-state index contributed by atoms with van der Waals surface area (Å²) in [6, 6.07) is 2.46. The number of rotatable bonds is 7. The van der Waals surface area contributed by atoms with E-state index in [4.69, 9.17) is 4.74 Å². The van der Waals surface area contributed by atoms with Crippen molar-refractivity contribution >= 4 is 5.91 Å². The van der Waals surface area contributed by atoms with E-state index >= 15 is 0 Å². The molecule has 6 heteroatoms. The van der Waals surface area contributed by atoms with Crippen LogP contribution in [0.3, 0.4) is 0 Å². The minimum absolute atomic E-state index is 0.168. The number of carbonyl (C=O) groups excluding carboxylic acids is 1. The standard InChI is InChI=1S/C18H32N4O2/c1-15(2)22-16(8-11-19-22)13-21-12-6-9-18(14-21,24-5)10-7-17(23)20(3)4/h8,11,15H,6-7,9-10,12-14H2,1-5H3/t18-/m0/s1. The first-order chi connectivity index (χ1) is 11.4. The molecular formula is C18H32N4O2. The average molecular weight is 336 g/mol. The molecule has 1 fully saturated rings. The lowest BCUT2D eigenvalue weighted by Gasteiger charge is -2.42. The Balaban J connectivity index is 2.00. The molecule has 1 saturated heterocycles. The number of methoxy groups -OCH3 is 1. The van der Waals surface area contributed by atoms with Gasteiger partial charge in [0.2, 0.25) is 5.91 Å².